The first kappa shape index (κ1) is 15.8. The fourth-order valence-electron chi connectivity index (χ4n) is 3.89. The Balaban J connectivity index is 1.54. The van der Waals surface area contributed by atoms with Crippen molar-refractivity contribution in [2.45, 2.75) is 38.1 Å². The predicted octanol–water partition coefficient (Wildman–Crippen LogP) is 3.18. The smallest absolute Gasteiger partial charge is 0.232 e. The lowest BCUT2D eigenvalue weighted by Crippen LogP contribution is -2.33. The van der Waals surface area contributed by atoms with Crippen LogP contribution in [0.4, 0.5) is 5.69 Å². The summed E-state index contributed by atoms with van der Waals surface area (Å²) in [5, 5.41) is 2.89. The van der Waals surface area contributed by atoms with Crippen molar-refractivity contribution >= 4 is 17.5 Å². The number of likely N-dealkylation sites (tertiary alicyclic amines) is 1. The van der Waals surface area contributed by atoms with Crippen LogP contribution in [0.5, 0.6) is 0 Å². The quantitative estimate of drug-likeness (QED) is 0.937. The third kappa shape index (κ3) is 2.90. The molecular formula is C20H21N3O2. The maximum Gasteiger partial charge on any atom is 0.232 e. The predicted molar refractivity (Wildman–Crippen MR) is 95.1 cm³/mol. The molecule has 2 aliphatic heterocycles. The van der Waals surface area contributed by atoms with Crippen molar-refractivity contribution < 1.29 is 9.59 Å². The van der Waals surface area contributed by atoms with Gasteiger partial charge in [0.15, 0.2) is 0 Å². The summed E-state index contributed by atoms with van der Waals surface area (Å²) in [5.74, 6) is -0.447. The maximum atomic E-state index is 12.9. The van der Waals surface area contributed by atoms with Crippen molar-refractivity contribution in [2.75, 3.05) is 11.9 Å². The molecule has 1 fully saturated rings. The van der Waals surface area contributed by atoms with Crippen LogP contribution >= 0.6 is 0 Å². The third-order valence-electron chi connectivity index (χ3n) is 5.14. The fraction of sp³-hybridized carbons (Fsp3) is 0.350. The molecule has 0 aliphatic carbocycles. The Hall–Kier alpha value is -2.69. The molecule has 2 aromatic rings. The van der Waals surface area contributed by atoms with E-state index in [1.165, 1.54) is 0 Å². The number of aromatic nitrogens is 1. The Bertz CT molecular complexity index is 819. The first-order valence-corrected chi connectivity index (χ1v) is 8.75. The first-order valence-electron chi connectivity index (χ1n) is 8.75. The summed E-state index contributed by atoms with van der Waals surface area (Å²) in [6.45, 7) is 2.73. The van der Waals surface area contributed by atoms with Crippen LogP contribution < -0.4 is 5.32 Å². The first-order chi connectivity index (χ1) is 12.1. The number of anilines is 1. The van der Waals surface area contributed by atoms with Crippen molar-refractivity contribution in [3.8, 4) is 0 Å². The number of fused-ring (bicyclic) bond motifs is 1. The van der Waals surface area contributed by atoms with E-state index in [4.69, 9.17) is 0 Å². The maximum absolute atomic E-state index is 12.9. The molecule has 1 aromatic carbocycles. The second kappa shape index (κ2) is 6.31. The van der Waals surface area contributed by atoms with Crippen LogP contribution in [0, 0.1) is 6.92 Å². The van der Waals surface area contributed by atoms with Gasteiger partial charge in [0.05, 0.1) is 17.7 Å². The van der Waals surface area contributed by atoms with Gasteiger partial charge in [0, 0.05) is 24.8 Å². The van der Waals surface area contributed by atoms with Gasteiger partial charge < -0.3 is 10.2 Å². The molecule has 3 heterocycles. The van der Waals surface area contributed by atoms with Crippen molar-refractivity contribution in [1.82, 2.24) is 9.88 Å². The summed E-state index contributed by atoms with van der Waals surface area (Å²) in [7, 11) is 0. The van der Waals surface area contributed by atoms with E-state index in [0.717, 1.165) is 41.9 Å². The van der Waals surface area contributed by atoms with Gasteiger partial charge in [-0.1, -0.05) is 23.8 Å². The molecule has 4 rings (SSSR count). The SMILES string of the molecule is Cc1ccc2c(c1)C(CC(=O)N1CCCC1c1ccccn1)C(=O)N2. The summed E-state index contributed by atoms with van der Waals surface area (Å²) in [6.07, 6.45) is 3.88. The number of hydrogen-bond acceptors (Lipinski definition) is 3. The second-order valence-corrected chi connectivity index (χ2v) is 6.84. The molecule has 2 atom stereocenters. The molecule has 0 spiro atoms. The van der Waals surface area contributed by atoms with E-state index >= 15 is 0 Å². The molecule has 2 aliphatic rings. The number of nitrogens with zero attached hydrogens (tertiary/aromatic N) is 2. The molecule has 0 radical (unpaired) electrons. The molecule has 0 bridgehead atoms. The summed E-state index contributed by atoms with van der Waals surface area (Å²) >= 11 is 0. The van der Waals surface area contributed by atoms with E-state index in [9.17, 15) is 9.59 Å². The second-order valence-electron chi connectivity index (χ2n) is 6.84. The Morgan fingerprint density at radius 1 is 1.32 bits per heavy atom. The average molecular weight is 335 g/mol. The van der Waals surface area contributed by atoms with Gasteiger partial charge in [-0.2, -0.15) is 0 Å². The number of carbonyl (C=O) groups excluding carboxylic acids is 2. The Morgan fingerprint density at radius 3 is 3.00 bits per heavy atom. The van der Waals surface area contributed by atoms with Gasteiger partial charge in [-0.3, -0.25) is 14.6 Å². The molecule has 5 heteroatoms. The number of hydrogen-bond donors (Lipinski definition) is 1. The molecule has 25 heavy (non-hydrogen) atoms. The van der Waals surface area contributed by atoms with Gasteiger partial charge >= 0.3 is 0 Å². The van der Waals surface area contributed by atoms with Gasteiger partial charge in [-0.25, -0.2) is 0 Å². The van der Waals surface area contributed by atoms with Crippen LogP contribution in [0.25, 0.3) is 0 Å². The Labute approximate surface area is 147 Å². The van der Waals surface area contributed by atoms with Gasteiger partial charge in [-0.15, -0.1) is 0 Å². The normalized spacial score (nSPS) is 22.0. The molecular weight excluding hydrogens is 314 g/mol. The zero-order valence-corrected chi connectivity index (χ0v) is 14.2. The minimum atomic E-state index is -0.396. The molecule has 128 valence electrons. The number of amides is 2. The number of nitrogens with one attached hydrogen (secondary N) is 1. The minimum absolute atomic E-state index is 0.0233. The molecule has 1 N–H and O–H groups in total. The van der Waals surface area contributed by atoms with E-state index < -0.39 is 5.92 Å². The standard InChI is InChI=1S/C20H21N3O2/c1-13-7-8-16-14(11-13)15(20(25)22-16)12-19(24)23-10-4-6-18(23)17-5-2-3-9-21-17/h2-3,5,7-9,11,15,18H,4,6,10,12H2,1H3,(H,22,25). The van der Waals surface area contributed by atoms with Crippen molar-refractivity contribution in [3.63, 3.8) is 0 Å². The van der Waals surface area contributed by atoms with E-state index in [1.807, 2.05) is 48.2 Å². The van der Waals surface area contributed by atoms with Crippen LogP contribution in [-0.2, 0) is 9.59 Å². The highest BCUT2D eigenvalue weighted by molar-refractivity contribution is 6.05. The fourth-order valence-corrected chi connectivity index (χ4v) is 3.89. The zero-order chi connectivity index (χ0) is 17.4. The number of aryl methyl sites for hydroxylation is 1. The average Bonchev–Trinajstić information content (AvgIpc) is 3.21. The van der Waals surface area contributed by atoms with Crippen LogP contribution in [0.2, 0.25) is 0 Å². The molecule has 1 aromatic heterocycles. The van der Waals surface area contributed by atoms with E-state index in [-0.39, 0.29) is 24.3 Å². The summed E-state index contributed by atoms with van der Waals surface area (Å²) in [4.78, 5) is 31.6. The topological polar surface area (TPSA) is 62.3 Å². The summed E-state index contributed by atoms with van der Waals surface area (Å²) in [6, 6.07) is 11.7. The largest absolute Gasteiger partial charge is 0.334 e. The lowest BCUT2D eigenvalue weighted by atomic mass is 9.95. The highest BCUT2D eigenvalue weighted by atomic mass is 16.2. The lowest BCUT2D eigenvalue weighted by Gasteiger charge is -2.25. The van der Waals surface area contributed by atoms with E-state index in [1.54, 1.807) is 6.20 Å². The van der Waals surface area contributed by atoms with Crippen molar-refractivity contribution in [1.29, 1.82) is 0 Å². The van der Waals surface area contributed by atoms with Gasteiger partial charge in [-0.05, 0) is 43.5 Å². The summed E-state index contributed by atoms with van der Waals surface area (Å²) in [5.41, 5.74) is 3.80. The summed E-state index contributed by atoms with van der Waals surface area (Å²) < 4.78 is 0. The lowest BCUT2D eigenvalue weighted by molar-refractivity contribution is -0.134. The number of rotatable bonds is 3. The van der Waals surface area contributed by atoms with Crippen molar-refractivity contribution in [2.24, 2.45) is 0 Å². The highest BCUT2D eigenvalue weighted by Crippen LogP contribution is 2.38. The monoisotopic (exact) mass is 335 g/mol. The van der Waals surface area contributed by atoms with Crippen LogP contribution in [0.15, 0.2) is 42.6 Å². The number of benzene rings is 1. The molecule has 0 saturated carbocycles. The van der Waals surface area contributed by atoms with Crippen LogP contribution in [0.1, 0.15) is 48.0 Å². The van der Waals surface area contributed by atoms with E-state index in [2.05, 4.69) is 10.3 Å². The third-order valence-corrected chi connectivity index (χ3v) is 5.14. The molecule has 1 saturated heterocycles. The van der Waals surface area contributed by atoms with Gasteiger partial charge in [0.2, 0.25) is 11.8 Å². The van der Waals surface area contributed by atoms with Crippen LogP contribution in [-0.4, -0.2) is 28.2 Å². The zero-order valence-electron chi connectivity index (χ0n) is 14.2. The van der Waals surface area contributed by atoms with Gasteiger partial charge in [0.25, 0.3) is 0 Å². The number of carbonyl (C=O) groups is 2. The molecule has 5 nitrogen and oxygen atoms in total. The van der Waals surface area contributed by atoms with E-state index in [0.29, 0.717) is 0 Å². The Morgan fingerprint density at radius 2 is 2.20 bits per heavy atom. The highest BCUT2D eigenvalue weighted by Gasteiger charge is 2.37. The number of pyridine rings is 1. The van der Waals surface area contributed by atoms with Crippen molar-refractivity contribution in [3.05, 3.63) is 59.4 Å². The molecule has 2 amide bonds. The minimum Gasteiger partial charge on any atom is -0.334 e. The Kier molecular flexibility index (Phi) is 3.99. The molecule has 2 unspecified atom stereocenters. The van der Waals surface area contributed by atoms with Gasteiger partial charge in [0.1, 0.15) is 0 Å². The van der Waals surface area contributed by atoms with Crippen LogP contribution in [0.3, 0.4) is 0 Å².